The van der Waals surface area contributed by atoms with Gasteiger partial charge in [-0.15, -0.1) is 0 Å². The van der Waals surface area contributed by atoms with Crippen molar-refractivity contribution < 1.29 is 14.9 Å². The summed E-state index contributed by atoms with van der Waals surface area (Å²) < 4.78 is 5.27. The molecule has 1 aliphatic rings. The lowest BCUT2D eigenvalue weighted by atomic mass is 9.93. The molecule has 3 N–H and O–H groups in total. The molecular formula is C11H24N2O3. The molecule has 0 aromatic rings. The summed E-state index contributed by atoms with van der Waals surface area (Å²) in [7, 11) is 0. The molecule has 0 spiro atoms. The molecule has 0 aromatic heterocycles. The first-order valence-corrected chi connectivity index (χ1v) is 5.93. The second kappa shape index (κ2) is 7.19. The van der Waals surface area contributed by atoms with Gasteiger partial charge in [0.25, 0.3) is 0 Å². The van der Waals surface area contributed by atoms with Gasteiger partial charge in [0.15, 0.2) is 0 Å². The molecule has 0 aromatic carbocycles. The average Bonchev–Trinajstić information content (AvgIpc) is 2.36. The standard InChI is InChI=1S/C11H24N2O3/c1-11(9-14,10-15)8-12-2-3-13-4-6-16-7-5-13/h12,14-15H,2-10H2,1H3. The molecule has 16 heavy (non-hydrogen) atoms. The Morgan fingerprint density at radius 2 is 1.88 bits per heavy atom. The summed E-state index contributed by atoms with van der Waals surface area (Å²) in [5, 5.41) is 21.5. The zero-order valence-electron chi connectivity index (χ0n) is 10.1. The second-order valence-electron chi connectivity index (χ2n) is 4.76. The molecular weight excluding hydrogens is 208 g/mol. The van der Waals surface area contributed by atoms with E-state index in [9.17, 15) is 0 Å². The molecule has 0 aliphatic carbocycles. The van der Waals surface area contributed by atoms with Crippen molar-refractivity contribution in [3.8, 4) is 0 Å². The monoisotopic (exact) mass is 232 g/mol. The summed E-state index contributed by atoms with van der Waals surface area (Å²) in [5.41, 5.74) is -0.412. The second-order valence-corrected chi connectivity index (χ2v) is 4.76. The minimum atomic E-state index is -0.412. The highest BCUT2D eigenvalue weighted by atomic mass is 16.5. The van der Waals surface area contributed by atoms with Gasteiger partial charge in [0.05, 0.1) is 26.4 Å². The van der Waals surface area contributed by atoms with Crippen molar-refractivity contribution in [1.29, 1.82) is 0 Å². The Balaban J connectivity index is 2.06. The maximum Gasteiger partial charge on any atom is 0.0594 e. The summed E-state index contributed by atoms with van der Waals surface area (Å²) in [6, 6.07) is 0. The van der Waals surface area contributed by atoms with Gasteiger partial charge < -0.3 is 20.3 Å². The predicted octanol–water partition coefficient (Wildman–Crippen LogP) is -1.10. The number of rotatable bonds is 7. The number of aliphatic hydroxyl groups is 2. The van der Waals surface area contributed by atoms with Crippen molar-refractivity contribution in [1.82, 2.24) is 10.2 Å². The van der Waals surface area contributed by atoms with Crippen LogP contribution in [-0.4, -0.2) is 74.3 Å². The number of ether oxygens (including phenoxy) is 1. The van der Waals surface area contributed by atoms with Gasteiger partial charge >= 0.3 is 0 Å². The molecule has 0 amide bonds. The molecule has 1 fully saturated rings. The van der Waals surface area contributed by atoms with Crippen LogP contribution >= 0.6 is 0 Å². The Labute approximate surface area is 97.4 Å². The quantitative estimate of drug-likeness (QED) is 0.486. The van der Waals surface area contributed by atoms with Gasteiger partial charge in [0.1, 0.15) is 0 Å². The van der Waals surface area contributed by atoms with Crippen molar-refractivity contribution in [3.05, 3.63) is 0 Å². The lowest BCUT2D eigenvalue weighted by Crippen LogP contribution is -2.43. The Morgan fingerprint density at radius 3 is 2.44 bits per heavy atom. The van der Waals surface area contributed by atoms with Crippen molar-refractivity contribution in [2.45, 2.75) is 6.92 Å². The molecule has 5 nitrogen and oxygen atoms in total. The van der Waals surface area contributed by atoms with Crippen LogP contribution in [0.2, 0.25) is 0 Å². The Kier molecular flexibility index (Phi) is 6.23. The molecule has 0 radical (unpaired) electrons. The average molecular weight is 232 g/mol. The van der Waals surface area contributed by atoms with Crippen LogP contribution in [0.3, 0.4) is 0 Å². The van der Waals surface area contributed by atoms with Crippen LogP contribution in [0.25, 0.3) is 0 Å². The fourth-order valence-corrected chi connectivity index (χ4v) is 1.61. The van der Waals surface area contributed by atoms with Gasteiger partial charge in [-0.2, -0.15) is 0 Å². The van der Waals surface area contributed by atoms with E-state index in [0.29, 0.717) is 6.54 Å². The van der Waals surface area contributed by atoms with E-state index in [1.165, 1.54) is 0 Å². The number of morpholine rings is 1. The third-order valence-electron chi connectivity index (χ3n) is 3.02. The smallest absolute Gasteiger partial charge is 0.0594 e. The third-order valence-corrected chi connectivity index (χ3v) is 3.02. The van der Waals surface area contributed by atoms with Crippen LogP contribution in [0.15, 0.2) is 0 Å². The highest BCUT2D eigenvalue weighted by molar-refractivity contribution is 4.75. The van der Waals surface area contributed by atoms with E-state index in [4.69, 9.17) is 14.9 Å². The Hall–Kier alpha value is -0.200. The van der Waals surface area contributed by atoms with Crippen LogP contribution in [0, 0.1) is 5.41 Å². The molecule has 1 aliphatic heterocycles. The van der Waals surface area contributed by atoms with E-state index in [0.717, 1.165) is 39.4 Å². The molecule has 0 unspecified atom stereocenters. The van der Waals surface area contributed by atoms with Gasteiger partial charge in [-0.05, 0) is 0 Å². The summed E-state index contributed by atoms with van der Waals surface area (Å²) in [5.74, 6) is 0. The fraction of sp³-hybridized carbons (Fsp3) is 1.00. The fourth-order valence-electron chi connectivity index (χ4n) is 1.61. The van der Waals surface area contributed by atoms with Crippen LogP contribution in [0.5, 0.6) is 0 Å². The highest BCUT2D eigenvalue weighted by Crippen LogP contribution is 2.11. The van der Waals surface area contributed by atoms with E-state index in [1.807, 2.05) is 6.92 Å². The van der Waals surface area contributed by atoms with Crippen molar-refractivity contribution in [3.63, 3.8) is 0 Å². The van der Waals surface area contributed by atoms with Gasteiger partial charge in [0.2, 0.25) is 0 Å². The summed E-state index contributed by atoms with van der Waals surface area (Å²) in [6.07, 6.45) is 0. The van der Waals surface area contributed by atoms with Crippen molar-refractivity contribution >= 4 is 0 Å². The molecule has 0 bridgehead atoms. The number of nitrogens with one attached hydrogen (secondary N) is 1. The SMILES string of the molecule is CC(CO)(CO)CNCCN1CCOCC1. The molecule has 1 heterocycles. The number of hydrogen-bond donors (Lipinski definition) is 3. The van der Waals surface area contributed by atoms with E-state index >= 15 is 0 Å². The maximum absolute atomic E-state index is 9.11. The first kappa shape index (κ1) is 13.9. The topological polar surface area (TPSA) is 65.0 Å². The van der Waals surface area contributed by atoms with Gasteiger partial charge in [-0.25, -0.2) is 0 Å². The summed E-state index contributed by atoms with van der Waals surface area (Å²) in [4.78, 5) is 2.35. The third kappa shape index (κ3) is 4.76. The van der Waals surface area contributed by atoms with Gasteiger partial charge in [-0.1, -0.05) is 6.92 Å². The first-order valence-electron chi connectivity index (χ1n) is 5.93. The van der Waals surface area contributed by atoms with E-state index in [2.05, 4.69) is 10.2 Å². The lowest BCUT2D eigenvalue weighted by molar-refractivity contribution is 0.0366. The Bertz CT molecular complexity index is 180. The number of aliphatic hydroxyl groups excluding tert-OH is 2. The molecule has 1 rings (SSSR count). The van der Waals surface area contributed by atoms with Crippen LogP contribution in [-0.2, 0) is 4.74 Å². The number of nitrogens with zero attached hydrogens (tertiary/aromatic N) is 1. The van der Waals surface area contributed by atoms with E-state index < -0.39 is 5.41 Å². The van der Waals surface area contributed by atoms with Crippen molar-refractivity contribution in [2.24, 2.45) is 5.41 Å². The zero-order chi connectivity index (χ0) is 11.9. The molecule has 5 heteroatoms. The molecule has 0 saturated carbocycles. The van der Waals surface area contributed by atoms with Crippen LogP contribution < -0.4 is 5.32 Å². The molecule has 1 saturated heterocycles. The first-order chi connectivity index (χ1) is 7.70. The molecule has 96 valence electrons. The number of hydrogen-bond acceptors (Lipinski definition) is 5. The minimum absolute atomic E-state index is 0.00799. The predicted molar refractivity (Wildman–Crippen MR) is 62.4 cm³/mol. The largest absolute Gasteiger partial charge is 0.396 e. The summed E-state index contributed by atoms with van der Waals surface area (Å²) in [6.45, 7) is 8.06. The highest BCUT2D eigenvalue weighted by Gasteiger charge is 2.21. The minimum Gasteiger partial charge on any atom is -0.396 e. The zero-order valence-corrected chi connectivity index (χ0v) is 10.1. The van der Waals surface area contributed by atoms with Crippen LogP contribution in [0.4, 0.5) is 0 Å². The lowest BCUT2D eigenvalue weighted by Gasteiger charge is -2.28. The van der Waals surface area contributed by atoms with Crippen LogP contribution in [0.1, 0.15) is 6.92 Å². The van der Waals surface area contributed by atoms with Gasteiger partial charge in [-0.3, -0.25) is 4.90 Å². The summed E-state index contributed by atoms with van der Waals surface area (Å²) >= 11 is 0. The molecule has 0 atom stereocenters. The van der Waals surface area contributed by atoms with E-state index in [-0.39, 0.29) is 13.2 Å². The van der Waals surface area contributed by atoms with E-state index in [1.54, 1.807) is 0 Å². The van der Waals surface area contributed by atoms with Crippen molar-refractivity contribution in [2.75, 3.05) is 59.2 Å². The van der Waals surface area contributed by atoms with Gasteiger partial charge in [0, 0.05) is 38.1 Å². The maximum atomic E-state index is 9.11. The Morgan fingerprint density at radius 1 is 1.25 bits per heavy atom. The normalized spacial score (nSPS) is 18.9.